The molecule has 0 amide bonds. The summed E-state index contributed by atoms with van der Waals surface area (Å²) in [5.41, 5.74) is 1.13. The number of halogens is 1. The van der Waals surface area contributed by atoms with Crippen molar-refractivity contribution in [1.82, 2.24) is 20.1 Å². The normalized spacial score (nSPS) is 18.8. The van der Waals surface area contributed by atoms with E-state index in [9.17, 15) is 0 Å². The topological polar surface area (TPSA) is 43.8 Å². The minimum Gasteiger partial charge on any atom is -0.350 e. The fourth-order valence-electron chi connectivity index (χ4n) is 3.07. The van der Waals surface area contributed by atoms with Crippen LogP contribution in [0.3, 0.4) is 0 Å². The second-order valence-corrected chi connectivity index (χ2v) is 7.24. The van der Waals surface area contributed by atoms with Crippen molar-refractivity contribution in [3.8, 4) is 0 Å². The van der Waals surface area contributed by atoms with Crippen LogP contribution in [-0.4, -0.2) is 60.5 Å². The monoisotopic (exact) mass is 451 g/mol. The highest BCUT2D eigenvalue weighted by atomic mass is 127. The molecule has 1 aromatic rings. The van der Waals surface area contributed by atoms with Gasteiger partial charge in [-0.3, -0.25) is 9.89 Å². The third-order valence-corrected chi connectivity index (χ3v) is 5.51. The van der Waals surface area contributed by atoms with E-state index in [1.807, 2.05) is 7.05 Å². The van der Waals surface area contributed by atoms with E-state index in [-0.39, 0.29) is 24.0 Å². The lowest BCUT2D eigenvalue weighted by Crippen LogP contribution is -2.45. The van der Waals surface area contributed by atoms with Crippen LogP contribution in [0.15, 0.2) is 4.99 Å². The summed E-state index contributed by atoms with van der Waals surface area (Å²) in [5, 5.41) is 4.56. The van der Waals surface area contributed by atoms with Crippen LogP contribution in [0, 0.1) is 13.8 Å². The van der Waals surface area contributed by atoms with Gasteiger partial charge in [0.15, 0.2) is 5.96 Å². The molecule has 23 heavy (non-hydrogen) atoms. The predicted molar refractivity (Wildman–Crippen MR) is 110 cm³/mol. The van der Waals surface area contributed by atoms with Gasteiger partial charge in [-0.25, -0.2) is 4.98 Å². The third-order valence-electron chi connectivity index (χ3n) is 4.43. The van der Waals surface area contributed by atoms with Gasteiger partial charge in [0.05, 0.1) is 12.2 Å². The molecule has 1 N–H and O–H groups in total. The number of guanidine groups is 1. The standard InChI is InChI=1S/C16H29N5S.HI/c1-6-21-9-7-8-14(21)11-20(5)16(17-4)18-10-15-19-12(2)13(3)22-15;/h14H,6-11H2,1-5H3,(H,17,18);1H. The van der Waals surface area contributed by atoms with E-state index in [0.717, 1.165) is 36.3 Å². The number of likely N-dealkylation sites (tertiary alicyclic amines) is 1. The van der Waals surface area contributed by atoms with Crippen LogP contribution < -0.4 is 5.32 Å². The molecule has 2 rings (SSSR count). The highest BCUT2D eigenvalue weighted by molar-refractivity contribution is 14.0. The molecule has 1 atom stereocenters. The van der Waals surface area contributed by atoms with E-state index >= 15 is 0 Å². The van der Waals surface area contributed by atoms with Crippen LogP contribution in [0.1, 0.15) is 35.3 Å². The van der Waals surface area contributed by atoms with Crippen molar-refractivity contribution in [3.05, 3.63) is 15.6 Å². The zero-order chi connectivity index (χ0) is 16.1. The molecule has 1 aromatic heterocycles. The summed E-state index contributed by atoms with van der Waals surface area (Å²) in [7, 11) is 3.98. The predicted octanol–water partition coefficient (Wildman–Crippen LogP) is 2.87. The Hall–Kier alpha value is -0.410. The molecule has 1 fully saturated rings. The van der Waals surface area contributed by atoms with E-state index in [2.05, 4.69) is 52.9 Å². The van der Waals surface area contributed by atoms with Gasteiger partial charge in [-0.15, -0.1) is 35.3 Å². The molecule has 132 valence electrons. The molecule has 0 aromatic carbocycles. The van der Waals surface area contributed by atoms with Gasteiger partial charge in [0.1, 0.15) is 5.01 Å². The highest BCUT2D eigenvalue weighted by Crippen LogP contribution is 2.18. The molecule has 0 aliphatic carbocycles. The minimum absolute atomic E-state index is 0. The lowest BCUT2D eigenvalue weighted by Gasteiger charge is -2.29. The maximum Gasteiger partial charge on any atom is 0.193 e. The smallest absolute Gasteiger partial charge is 0.193 e. The van der Waals surface area contributed by atoms with Crippen LogP contribution in [0.4, 0.5) is 0 Å². The summed E-state index contributed by atoms with van der Waals surface area (Å²) in [5.74, 6) is 0.952. The van der Waals surface area contributed by atoms with Gasteiger partial charge in [0.2, 0.25) is 0 Å². The first-order valence-electron chi connectivity index (χ1n) is 8.13. The lowest BCUT2D eigenvalue weighted by atomic mass is 10.2. The number of aromatic nitrogens is 1. The maximum atomic E-state index is 4.58. The SMILES string of the molecule is CCN1CCCC1CN(C)C(=NC)NCc1nc(C)c(C)s1.I. The largest absolute Gasteiger partial charge is 0.350 e. The minimum atomic E-state index is 0. The third kappa shape index (κ3) is 5.56. The number of rotatable bonds is 5. The fraction of sp³-hybridized carbons (Fsp3) is 0.750. The summed E-state index contributed by atoms with van der Waals surface area (Å²) < 4.78 is 0. The molecule has 1 saturated heterocycles. The maximum absolute atomic E-state index is 4.58. The number of hydrogen-bond acceptors (Lipinski definition) is 4. The second kappa shape index (κ2) is 9.78. The number of nitrogens with one attached hydrogen (secondary N) is 1. The summed E-state index contributed by atoms with van der Waals surface area (Å²) >= 11 is 1.76. The molecule has 0 spiro atoms. The first-order chi connectivity index (χ1) is 10.5. The summed E-state index contributed by atoms with van der Waals surface area (Å²) in [4.78, 5) is 15.1. The quantitative estimate of drug-likeness (QED) is 0.425. The van der Waals surface area contributed by atoms with Gasteiger partial charge in [0, 0.05) is 31.6 Å². The molecule has 7 heteroatoms. The number of hydrogen-bond donors (Lipinski definition) is 1. The Morgan fingerprint density at radius 3 is 2.78 bits per heavy atom. The Morgan fingerprint density at radius 2 is 2.22 bits per heavy atom. The molecular weight excluding hydrogens is 421 g/mol. The Morgan fingerprint density at radius 1 is 1.48 bits per heavy atom. The summed E-state index contributed by atoms with van der Waals surface area (Å²) in [6, 6.07) is 0.651. The second-order valence-electron chi connectivity index (χ2n) is 5.96. The first kappa shape index (κ1) is 20.6. The van der Waals surface area contributed by atoms with Crippen LogP contribution in [0.2, 0.25) is 0 Å². The number of aryl methyl sites for hydroxylation is 2. The number of likely N-dealkylation sites (N-methyl/N-ethyl adjacent to an activating group) is 2. The van der Waals surface area contributed by atoms with Gasteiger partial charge in [-0.05, 0) is 39.8 Å². The van der Waals surface area contributed by atoms with Gasteiger partial charge < -0.3 is 10.2 Å². The highest BCUT2D eigenvalue weighted by Gasteiger charge is 2.24. The van der Waals surface area contributed by atoms with Gasteiger partial charge in [0.25, 0.3) is 0 Å². The van der Waals surface area contributed by atoms with Crippen molar-refractivity contribution in [2.75, 3.05) is 33.7 Å². The van der Waals surface area contributed by atoms with Crippen LogP contribution in [0.5, 0.6) is 0 Å². The zero-order valence-corrected chi connectivity index (χ0v) is 18.1. The van der Waals surface area contributed by atoms with E-state index in [4.69, 9.17) is 0 Å². The molecule has 5 nitrogen and oxygen atoms in total. The van der Waals surface area contributed by atoms with Gasteiger partial charge in [-0.2, -0.15) is 0 Å². The lowest BCUT2D eigenvalue weighted by molar-refractivity contribution is 0.232. The number of nitrogens with zero attached hydrogens (tertiary/aromatic N) is 4. The molecular formula is C16H30IN5S. The summed E-state index contributed by atoms with van der Waals surface area (Å²) in [6.07, 6.45) is 2.61. The molecule has 1 aliphatic heterocycles. The van der Waals surface area contributed by atoms with Crippen molar-refractivity contribution in [2.24, 2.45) is 4.99 Å². The average molecular weight is 451 g/mol. The van der Waals surface area contributed by atoms with Crippen molar-refractivity contribution >= 4 is 41.3 Å². The molecule has 0 radical (unpaired) electrons. The van der Waals surface area contributed by atoms with Crippen LogP contribution in [-0.2, 0) is 6.54 Å². The number of aliphatic imine (C=N–C) groups is 1. The van der Waals surface area contributed by atoms with Crippen LogP contribution >= 0.6 is 35.3 Å². The van der Waals surface area contributed by atoms with Crippen LogP contribution in [0.25, 0.3) is 0 Å². The van der Waals surface area contributed by atoms with Crippen molar-refractivity contribution < 1.29 is 0 Å². The molecule has 2 heterocycles. The Balaban J connectivity index is 0.00000264. The van der Waals surface area contributed by atoms with E-state index in [0.29, 0.717) is 6.04 Å². The van der Waals surface area contributed by atoms with Crippen molar-refractivity contribution in [3.63, 3.8) is 0 Å². The van der Waals surface area contributed by atoms with Gasteiger partial charge >= 0.3 is 0 Å². The Kier molecular flexibility index (Phi) is 8.78. The first-order valence-corrected chi connectivity index (χ1v) is 8.95. The van der Waals surface area contributed by atoms with Gasteiger partial charge in [-0.1, -0.05) is 6.92 Å². The average Bonchev–Trinajstić information content (AvgIpc) is 3.06. The molecule has 0 bridgehead atoms. The van der Waals surface area contributed by atoms with Crippen molar-refractivity contribution in [1.29, 1.82) is 0 Å². The summed E-state index contributed by atoms with van der Waals surface area (Å²) in [6.45, 7) is 10.6. The Labute approximate surface area is 161 Å². The molecule has 1 aliphatic rings. The molecule has 1 unspecified atom stereocenters. The van der Waals surface area contributed by atoms with Crippen molar-refractivity contribution in [2.45, 2.75) is 46.2 Å². The fourth-order valence-corrected chi connectivity index (χ4v) is 3.95. The van der Waals surface area contributed by atoms with E-state index < -0.39 is 0 Å². The number of thiazole rings is 1. The zero-order valence-electron chi connectivity index (χ0n) is 14.9. The van der Waals surface area contributed by atoms with E-state index in [1.165, 1.54) is 24.3 Å². The van der Waals surface area contributed by atoms with E-state index in [1.54, 1.807) is 11.3 Å². The Bertz CT molecular complexity index is 497. The molecule has 0 saturated carbocycles.